The van der Waals surface area contributed by atoms with Gasteiger partial charge in [0.05, 0.1) is 12.4 Å². The van der Waals surface area contributed by atoms with E-state index in [1.54, 1.807) is 12.4 Å². The van der Waals surface area contributed by atoms with Crippen LogP contribution in [0.4, 0.5) is 5.82 Å². The molecule has 0 saturated carbocycles. The number of anilines is 1. The zero-order chi connectivity index (χ0) is 15.8. The second-order valence-electron chi connectivity index (χ2n) is 5.64. The van der Waals surface area contributed by atoms with Crippen molar-refractivity contribution in [2.24, 2.45) is 0 Å². The summed E-state index contributed by atoms with van der Waals surface area (Å²) < 4.78 is 0. The van der Waals surface area contributed by atoms with E-state index in [1.165, 1.54) is 0 Å². The summed E-state index contributed by atoms with van der Waals surface area (Å²) in [6.45, 7) is 10.2. The van der Waals surface area contributed by atoms with E-state index in [-0.39, 0.29) is 5.91 Å². The highest BCUT2D eigenvalue weighted by Gasteiger charge is 2.17. The van der Waals surface area contributed by atoms with E-state index in [0.717, 1.165) is 57.8 Å². The van der Waals surface area contributed by atoms with Gasteiger partial charge in [-0.3, -0.25) is 4.79 Å². The Labute approximate surface area is 132 Å². The molecule has 1 aromatic rings. The van der Waals surface area contributed by atoms with Crippen molar-refractivity contribution in [3.05, 3.63) is 18.1 Å². The number of nitrogens with one attached hydrogen (secondary N) is 1. The first-order chi connectivity index (χ1) is 10.7. The second-order valence-corrected chi connectivity index (χ2v) is 5.64. The number of carbonyl (C=O) groups excluding carboxylic acids is 1. The number of aromatic nitrogens is 2. The topological polar surface area (TPSA) is 61.4 Å². The van der Waals surface area contributed by atoms with Crippen molar-refractivity contribution in [3.8, 4) is 0 Å². The Bertz CT molecular complexity index is 454. The number of carbonyl (C=O) groups is 1. The molecule has 1 N–H and O–H groups in total. The lowest BCUT2D eigenvalue weighted by Gasteiger charge is -2.34. The van der Waals surface area contributed by atoms with Crippen LogP contribution in [0.1, 0.15) is 43.6 Å². The number of nitrogens with zero attached hydrogens (tertiary/aromatic N) is 4. The molecule has 6 heteroatoms. The largest absolute Gasteiger partial charge is 0.353 e. The van der Waals surface area contributed by atoms with E-state index >= 15 is 0 Å². The average molecular weight is 305 g/mol. The summed E-state index contributed by atoms with van der Waals surface area (Å²) in [5, 5.41) is 2.88. The van der Waals surface area contributed by atoms with Gasteiger partial charge in [0, 0.05) is 32.7 Å². The van der Waals surface area contributed by atoms with Gasteiger partial charge in [-0.2, -0.15) is 0 Å². The molecule has 1 aromatic heterocycles. The van der Waals surface area contributed by atoms with Gasteiger partial charge in [0.25, 0.3) is 5.91 Å². The maximum Gasteiger partial charge on any atom is 0.271 e. The van der Waals surface area contributed by atoms with Crippen molar-refractivity contribution < 1.29 is 4.79 Å². The molecule has 0 unspecified atom stereocenters. The fourth-order valence-corrected chi connectivity index (χ4v) is 2.56. The lowest BCUT2D eigenvalue weighted by Crippen LogP contribution is -2.46. The number of hydrogen-bond donors (Lipinski definition) is 1. The molecule has 0 radical (unpaired) electrons. The van der Waals surface area contributed by atoms with Crippen LogP contribution in [0.25, 0.3) is 0 Å². The first-order valence-corrected chi connectivity index (χ1v) is 8.32. The Balaban J connectivity index is 1.83. The molecule has 122 valence electrons. The summed E-state index contributed by atoms with van der Waals surface area (Å²) in [6, 6.07) is 0. The van der Waals surface area contributed by atoms with Crippen LogP contribution in [0.3, 0.4) is 0 Å². The number of hydrogen-bond acceptors (Lipinski definition) is 5. The fraction of sp³-hybridized carbons (Fsp3) is 0.688. The highest BCUT2D eigenvalue weighted by atomic mass is 16.1. The first kappa shape index (κ1) is 16.7. The monoisotopic (exact) mass is 305 g/mol. The van der Waals surface area contributed by atoms with E-state index < -0.39 is 0 Å². The minimum Gasteiger partial charge on any atom is -0.353 e. The third kappa shape index (κ3) is 4.66. The van der Waals surface area contributed by atoms with Crippen molar-refractivity contribution in [2.45, 2.75) is 33.1 Å². The second kappa shape index (κ2) is 8.68. The normalized spacial score (nSPS) is 15.8. The van der Waals surface area contributed by atoms with Gasteiger partial charge in [-0.25, -0.2) is 9.97 Å². The van der Waals surface area contributed by atoms with E-state index in [2.05, 4.69) is 38.9 Å². The van der Waals surface area contributed by atoms with Crippen molar-refractivity contribution in [1.82, 2.24) is 20.2 Å². The minimum absolute atomic E-state index is 0.133. The highest BCUT2D eigenvalue weighted by Crippen LogP contribution is 2.12. The van der Waals surface area contributed by atoms with Crippen LogP contribution in [-0.4, -0.2) is 60.0 Å². The molecule has 2 heterocycles. The van der Waals surface area contributed by atoms with E-state index in [4.69, 9.17) is 0 Å². The van der Waals surface area contributed by atoms with Crippen molar-refractivity contribution >= 4 is 11.7 Å². The van der Waals surface area contributed by atoms with Crippen molar-refractivity contribution in [3.63, 3.8) is 0 Å². The molecule has 0 bridgehead atoms. The van der Waals surface area contributed by atoms with Crippen LogP contribution in [0, 0.1) is 0 Å². The van der Waals surface area contributed by atoms with Crippen molar-refractivity contribution in [1.29, 1.82) is 0 Å². The summed E-state index contributed by atoms with van der Waals surface area (Å²) in [5.41, 5.74) is 0.396. The Morgan fingerprint density at radius 1 is 1.14 bits per heavy atom. The first-order valence-electron chi connectivity index (χ1n) is 8.32. The van der Waals surface area contributed by atoms with Crippen LogP contribution >= 0.6 is 0 Å². The Morgan fingerprint density at radius 2 is 1.91 bits per heavy atom. The molecule has 6 nitrogen and oxygen atoms in total. The van der Waals surface area contributed by atoms with Gasteiger partial charge in [-0.1, -0.05) is 26.7 Å². The van der Waals surface area contributed by atoms with Gasteiger partial charge < -0.3 is 15.1 Å². The molecule has 0 aliphatic carbocycles. The van der Waals surface area contributed by atoms with Crippen LogP contribution in [0.15, 0.2) is 12.4 Å². The SMILES string of the molecule is CCCCCNC(=O)c1cnc(N2CCN(CC)CC2)cn1. The average Bonchev–Trinajstić information content (AvgIpc) is 2.59. The number of unbranched alkanes of at least 4 members (excludes halogenated alkanes) is 2. The van der Waals surface area contributed by atoms with E-state index in [1.807, 2.05) is 0 Å². The molecule has 1 saturated heterocycles. The van der Waals surface area contributed by atoms with Gasteiger partial charge in [0.1, 0.15) is 11.5 Å². The maximum absolute atomic E-state index is 11.9. The smallest absolute Gasteiger partial charge is 0.271 e. The molecule has 1 amide bonds. The van der Waals surface area contributed by atoms with Gasteiger partial charge >= 0.3 is 0 Å². The standard InChI is InChI=1S/C16H27N5O/c1-3-5-6-7-17-16(22)14-12-19-15(13-18-14)21-10-8-20(4-2)9-11-21/h12-13H,3-11H2,1-2H3,(H,17,22). The third-order valence-corrected chi connectivity index (χ3v) is 4.08. The quantitative estimate of drug-likeness (QED) is 0.774. The Morgan fingerprint density at radius 3 is 2.50 bits per heavy atom. The molecule has 1 aliphatic rings. The molecule has 22 heavy (non-hydrogen) atoms. The number of likely N-dealkylation sites (N-methyl/N-ethyl adjacent to an activating group) is 1. The summed E-state index contributed by atoms with van der Waals surface area (Å²) in [7, 11) is 0. The van der Waals surface area contributed by atoms with Crippen molar-refractivity contribution in [2.75, 3.05) is 44.2 Å². The summed E-state index contributed by atoms with van der Waals surface area (Å²) >= 11 is 0. The molecule has 0 aromatic carbocycles. The molecule has 0 atom stereocenters. The molecule has 1 fully saturated rings. The van der Waals surface area contributed by atoms with Gasteiger partial charge in [-0.05, 0) is 13.0 Å². The molecular formula is C16H27N5O. The summed E-state index contributed by atoms with van der Waals surface area (Å²) in [5.74, 6) is 0.726. The predicted molar refractivity (Wildman–Crippen MR) is 88.2 cm³/mol. The molecular weight excluding hydrogens is 278 g/mol. The number of piperazine rings is 1. The molecule has 0 spiro atoms. The zero-order valence-corrected chi connectivity index (χ0v) is 13.7. The number of rotatable bonds is 7. The summed E-state index contributed by atoms with van der Waals surface area (Å²) in [6.07, 6.45) is 6.58. The van der Waals surface area contributed by atoms with Crippen LogP contribution in [0.5, 0.6) is 0 Å². The molecule has 1 aliphatic heterocycles. The minimum atomic E-state index is -0.133. The van der Waals surface area contributed by atoms with Crippen LogP contribution in [0.2, 0.25) is 0 Å². The predicted octanol–water partition coefficient (Wildman–Crippen LogP) is 1.54. The lowest BCUT2D eigenvalue weighted by atomic mass is 10.2. The number of amides is 1. The van der Waals surface area contributed by atoms with Gasteiger partial charge in [0.15, 0.2) is 0 Å². The van der Waals surface area contributed by atoms with Gasteiger partial charge in [0.2, 0.25) is 0 Å². The zero-order valence-electron chi connectivity index (χ0n) is 13.7. The highest BCUT2D eigenvalue weighted by molar-refractivity contribution is 5.91. The molecule has 2 rings (SSSR count). The Hall–Kier alpha value is -1.69. The third-order valence-electron chi connectivity index (χ3n) is 4.08. The van der Waals surface area contributed by atoms with Crippen LogP contribution in [-0.2, 0) is 0 Å². The van der Waals surface area contributed by atoms with Crippen LogP contribution < -0.4 is 10.2 Å². The maximum atomic E-state index is 11.9. The summed E-state index contributed by atoms with van der Waals surface area (Å²) in [4.78, 5) is 25.3. The van der Waals surface area contributed by atoms with E-state index in [0.29, 0.717) is 12.2 Å². The Kier molecular flexibility index (Phi) is 6.58. The lowest BCUT2D eigenvalue weighted by molar-refractivity contribution is 0.0947. The fourth-order valence-electron chi connectivity index (χ4n) is 2.56. The van der Waals surface area contributed by atoms with E-state index in [9.17, 15) is 4.79 Å². The van der Waals surface area contributed by atoms with Gasteiger partial charge in [-0.15, -0.1) is 0 Å².